The van der Waals surface area contributed by atoms with E-state index in [0.29, 0.717) is 0 Å². The van der Waals surface area contributed by atoms with E-state index in [1.165, 1.54) is 12.8 Å². The molecule has 0 radical (unpaired) electrons. The van der Waals surface area contributed by atoms with E-state index in [0.717, 1.165) is 24.3 Å². The number of rotatable bonds is 1. The van der Waals surface area contributed by atoms with Gasteiger partial charge in [-0.15, -0.1) is 0 Å². The van der Waals surface area contributed by atoms with Crippen molar-refractivity contribution in [3.63, 3.8) is 0 Å². The molecule has 0 amide bonds. The van der Waals surface area contributed by atoms with Gasteiger partial charge in [0.1, 0.15) is 0 Å². The van der Waals surface area contributed by atoms with Gasteiger partial charge in [0, 0.05) is 0 Å². The van der Waals surface area contributed by atoms with Crippen molar-refractivity contribution in [3.8, 4) is 0 Å². The van der Waals surface area contributed by atoms with Gasteiger partial charge in [0.15, 0.2) is 0 Å². The van der Waals surface area contributed by atoms with Gasteiger partial charge in [0.05, 0.1) is 0 Å². The van der Waals surface area contributed by atoms with Gasteiger partial charge in [-0.3, -0.25) is 0 Å². The molecule has 0 spiro atoms. The van der Waals surface area contributed by atoms with E-state index in [9.17, 15) is 0 Å². The first-order valence-electron chi connectivity index (χ1n) is 4.22. The first kappa shape index (κ1) is 6.41. The Morgan fingerprint density at radius 2 is 2.50 bits per heavy atom. The lowest BCUT2D eigenvalue weighted by Gasteiger charge is -2.06. The molecule has 0 aromatic rings. The topological polar surface area (TPSA) is 26.0 Å². The van der Waals surface area contributed by atoms with Crippen molar-refractivity contribution in [1.82, 2.24) is 0 Å². The molecule has 1 heteroatoms. The maximum Gasteiger partial charge on any atom is -0.00429 e. The van der Waals surface area contributed by atoms with Crippen molar-refractivity contribution in [2.75, 3.05) is 6.54 Å². The lowest BCUT2D eigenvalue weighted by atomic mass is 10.0. The van der Waals surface area contributed by atoms with Crippen LogP contribution in [0.3, 0.4) is 0 Å². The maximum atomic E-state index is 5.64. The van der Waals surface area contributed by atoms with Crippen LogP contribution in [0.1, 0.15) is 19.8 Å². The van der Waals surface area contributed by atoms with Crippen LogP contribution in [-0.4, -0.2) is 6.54 Å². The van der Waals surface area contributed by atoms with Crippen LogP contribution in [0.15, 0.2) is 11.6 Å². The third kappa shape index (κ3) is 0.734. The largest absolute Gasteiger partial charge is 0.330 e. The molecule has 2 N–H and O–H groups in total. The zero-order chi connectivity index (χ0) is 7.14. The molecule has 2 fully saturated rings. The van der Waals surface area contributed by atoms with Gasteiger partial charge in [-0.2, -0.15) is 0 Å². The summed E-state index contributed by atoms with van der Waals surface area (Å²) >= 11 is 0. The fourth-order valence-electron chi connectivity index (χ4n) is 2.36. The van der Waals surface area contributed by atoms with Crippen molar-refractivity contribution >= 4 is 0 Å². The third-order valence-corrected chi connectivity index (χ3v) is 3.09. The molecule has 0 saturated heterocycles. The zero-order valence-corrected chi connectivity index (χ0v) is 6.51. The highest BCUT2D eigenvalue weighted by Gasteiger charge is 2.49. The number of nitrogens with two attached hydrogens (primary N) is 1. The molecule has 0 aromatic heterocycles. The van der Waals surface area contributed by atoms with E-state index in [1.54, 1.807) is 5.57 Å². The summed E-state index contributed by atoms with van der Waals surface area (Å²) in [6.45, 7) is 3.06. The summed E-state index contributed by atoms with van der Waals surface area (Å²) < 4.78 is 0. The fraction of sp³-hybridized carbons (Fsp3) is 0.778. The number of fused-ring (bicyclic) bond motifs is 1. The van der Waals surface area contributed by atoms with Gasteiger partial charge < -0.3 is 5.73 Å². The van der Waals surface area contributed by atoms with E-state index in [2.05, 4.69) is 13.0 Å². The fourth-order valence-corrected chi connectivity index (χ4v) is 2.36. The normalized spacial score (nSPS) is 47.8. The van der Waals surface area contributed by atoms with Crippen LogP contribution in [-0.2, 0) is 0 Å². The quantitative estimate of drug-likeness (QED) is 0.545. The van der Waals surface area contributed by atoms with Crippen LogP contribution < -0.4 is 5.73 Å². The van der Waals surface area contributed by atoms with Crippen LogP contribution in [0.25, 0.3) is 0 Å². The molecule has 0 aliphatic heterocycles. The number of allylic oxidation sites excluding steroid dienone is 2. The van der Waals surface area contributed by atoms with Gasteiger partial charge >= 0.3 is 0 Å². The lowest BCUT2D eigenvalue weighted by molar-refractivity contribution is 0.506. The molecule has 3 unspecified atom stereocenters. The summed E-state index contributed by atoms with van der Waals surface area (Å²) in [6.07, 6.45) is 5.02. The second kappa shape index (κ2) is 2.09. The maximum absolute atomic E-state index is 5.64. The Morgan fingerprint density at radius 3 is 2.90 bits per heavy atom. The molecular formula is C9H15N. The van der Waals surface area contributed by atoms with Gasteiger partial charge in [0.2, 0.25) is 0 Å². The summed E-state index contributed by atoms with van der Waals surface area (Å²) in [4.78, 5) is 0. The minimum Gasteiger partial charge on any atom is -0.330 e. The van der Waals surface area contributed by atoms with E-state index < -0.39 is 0 Å². The Morgan fingerprint density at radius 1 is 1.70 bits per heavy atom. The third-order valence-electron chi connectivity index (χ3n) is 3.09. The smallest absolute Gasteiger partial charge is 0.00429 e. The monoisotopic (exact) mass is 137 g/mol. The van der Waals surface area contributed by atoms with Crippen LogP contribution in [0.5, 0.6) is 0 Å². The van der Waals surface area contributed by atoms with Crippen molar-refractivity contribution in [1.29, 1.82) is 0 Å². The highest BCUT2D eigenvalue weighted by Crippen LogP contribution is 2.57. The van der Waals surface area contributed by atoms with Gasteiger partial charge in [0.25, 0.3) is 0 Å². The second-order valence-electron chi connectivity index (χ2n) is 3.57. The predicted octanol–water partition coefficient (Wildman–Crippen LogP) is 1.55. The number of hydrogen-bond acceptors (Lipinski definition) is 1. The summed E-state index contributed by atoms with van der Waals surface area (Å²) in [5.74, 6) is 2.77. The average molecular weight is 137 g/mol. The molecule has 0 aromatic carbocycles. The molecule has 0 bridgehead atoms. The second-order valence-corrected chi connectivity index (χ2v) is 3.57. The Balaban J connectivity index is 2.09. The molecule has 2 saturated carbocycles. The Hall–Kier alpha value is -0.300. The molecule has 2 rings (SSSR count). The highest BCUT2D eigenvalue weighted by molar-refractivity contribution is 5.23. The van der Waals surface area contributed by atoms with E-state index in [4.69, 9.17) is 5.73 Å². The SMILES string of the molecule is CC=C1CC(CN)C2CC12. The van der Waals surface area contributed by atoms with Crippen LogP contribution in [0.2, 0.25) is 0 Å². The van der Waals surface area contributed by atoms with Crippen LogP contribution >= 0.6 is 0 Å². The minimum atomic E-state index is 0.830. The Bertz CT molecular complexity index is 172. The first-order chi connectivity index (χ1) is 4.86. The number of hydrogen-bond donors (Lipinski definition) is 1. The molecule has 2 aliphatic carbocycles. The van der Waals surface area contributed by atoms with Gasteiger partial charge in [-0.1, -0.05) is 11.6 Å². The first-order valence-corrected chi connectivity index (χ1v) is 4.22. The minimum absolute atomic E-state index is 0.830. The van der Waals surface area contributed by atoms with Crippen molar-refractivity contribution < 1.29 is 0 Å². The molecule has 1 nitrogen and oxygen atoms in total. The van der Waals surface area contributed by atoms with Crippen LogP contribution in [0, 0.1) is 17.8 Å². The predicted molar refractivity (Wildman–Crippen MR) is 42.5 cm³/mol. The zero-order valence-electron chi connectivity index (χ0n) is 6.51. The summed E-state index contributed by atoms with van der Waals surface area (Å²) in [7, 11) is 0. The van der Waals surface area contributed by atoms with Gasteiger partial charge in [-0.25, -0.2) is 0 Å². The summed E-state index contributed by atoms with van der Waals surface area (Å²) in [5, 5.41) is 0. The standard InChI is InChI=1S/C9H15N/c1-2-6-3-7(5-10)9-4-8(6)9/h2,7-9H,3-5,10H2,1H3. The van der Waals surface area contributed by atoms with Crippen molar-refractivity contribution in [2.45, 2.75) is 19.8 Å². The summed E-state index contributed by atoms with van der Waals surface area (Å²) in [5.41, 5.74) is 7.32. The van der Waals surface area contributed by atoms with Gasteiger partial charge in [-0.05, 0) is 44.1 Å². The molecular weight excluding hydrogens is 122 g/mol. The van der Waals surface area contributed by atoms with E-state index >= 15 is 0 Å². The molecule has 0 heterocycles. The Labute approximate surface area is 62.3 Å². The molecule has 2 aliphatic rings. The van der Waals surface area contributed by atoms with Crippen molar-refractivity contribution in [3.05, 3.63) is 11.6 Å². The average Bonchev–Trinajstić information content (AvgIpc) is 2.67. The molecule has 56 valence electrons. The van der Waals surface area contributed by atoms with Crippen molar-refractivity contribution in [2.24, 2.45) is 23.5 Å². The lowest BCUT2D eigenvalue weighted by Crippen LogP contribution is -2.13. The van der Waals surface area contributed by atoms with E-state index in [-0.39, 0.29) is 0 Å². The Kier molecular flexibility index (Phi) is 1.34. The molecule has 10 heavy (non-hydrogen) atoms. The molecule has 3 atom stereocenters. The van der Waals surface area contributed by atoms with E-state index in [1.807, 2.05) is 0 Å². The highest BCUT2D eigenvalue weighted by atomic mass is 14.6. The summed E-state index contributed by atoms with van der Waals surface area (Å²) in [6, 6.07) is 0. The van der Waals surface area contributed by atoms with Crippen LogP contribution in [0.4, 0.5) is 0 Å².